The van der Waals surface area contributed by atoms with Gasteiger partial charge in [0.05, 0.1) is 17.4 Å². The van der Waals surface area contributed by atoms with Gasteiger partial charge in [-0.1, -0.05) is 19.8 Å². The van der Waals surface area contributed by atoms with Crippen molar-refractivity contribution in [1.82, 2.24) is 0 Å². The smallest absolute Gasteiger partial charge is 0.330 e. The molecule has 0 aromatic rings. The standard InChI is InChI=1S/C15H21NO4/c1-9-6-5-7-15(8-16)10(9)11(20-13(15)18)19-12(17)14(2,3)4/h9-11H,5-7H2,1-4H3/t9?,10?,11-,15?/m1/s1. The molecule has 20 heavy (non-hydrogen) atoms. The fourth-order valence-corrected chi connectivity index (χ4v) is 3.11. The lowest BCUT2D eigenvalue weighted by atomic mass is 9.64. The number of ether oxygens (including phenoxy) is 2. The summed E-state index contributed by atoms with van der Waals surface area (Å²) in [5.41, 5.74) is -1.80. The zero-order valence-electron chi connectivity index (χ0n) is 12.4. The Kier molecular flexibility index (Phi) is 3.53. The molecule has 0 spiro atoms. The highest BCUT2D eigenvalue weighted by Crippen LogP contribution is 2.52. The number of carbonyl (C=O) groups is 2. The first-order valence-electron chi connectivity index (χ1n) is 7.06. The summed E-state index contributed by atoms with van der Waals surface area (Å²) < 4.78 is 10.6. The largest absolute Gasteiger partial charge is 0.424 e. The number of carbonyl (C=O) groups excluding carboxylic acids is 2. The van der Waals surface area contributed by atoms with Crippen LogP contribution in [0.4, 0.5) is 0 Å². The zero-order valence-corrected chi connectivity index (χ0v) is 12.4. The number of cyclic esters (lactones) is 1. The van der Waals surface area contributed by atoms with Crippen LogP contribution in [0.2, 0.25) is 0 Å². The van der Waals surface area contributed by atoms with E-state index in [1.165, 1.54) is 0 Å². The van der Waals surface area contributed by atoms with E-state index in [1.54, 1.807) is 20.8 Å². The lowest BCUT2D eigenvalue weighted by Gasteiger charge is -2.35. The van der Waals surface area contributed by atoms with Gasteiger partial charge in [-0.3, -0.25) is 9.59 Å². The van der Waals surface area contributed by atoms with Gasteiger partial charge in [-0.2, -0.15) is 5.26 Å². The van der Waals surface area contributed by atoms with Crippen molar-refractivity contribution in [3.8, 4) is 6.07 Å². The molecule has 0 bridgehead atoms. The quantitative estimate of drug-likeness (QED) is 0.689. The average molecular weight is 279 g/mol. The van der Waals surface area contributed by atoms with E-state index >= 15 is 0 Å². The van der Waals surface area contributed by atoms with Gasteiger partial charge in [0.1, 0.15) is 0 Å². The van der Waals surface area contributed by atoms with Gasteiger partial charge in [0.2, 0.25) is 0 Å². The highest BCUT2D eigenvalue weighted by atomic mass is 16.7. The van der Waals surface area contributed by atoms with E-state index in [1.807, 2.05) is 6.92 Å². The first kappa shape index (κ1) is 14.8. The summed E-state index contributed by atoms with van der Waals surface area (Å²) in [6, 6.07) is 2.14. The van der Waals surface area contributed by atoms with Crippen molar-refractivity contribution in [1.29, 1.82) is 5.26 Å². The second kappa shape index (κ2) is 4.76. The number of nitrogens with zero attached hydrogens (tertiary/aromatic N) is 1. The zero-order chi connectivity index (χ0) is 15.1. The molecule has 110 valence electrons. The van der Waals surface area contributed by atoms with E-state index in [9.17, 15) is 14.9 Å². The van der Waals surface area contributed by atoms with Crippen LogP contribution in [-0.2, 0) is 19.1 Å². The summed E-state index contributed by atoms with van der Waals surface area (Å²) in [4.78, 5) is 24.1. The fraction of sp³-hybridized carbons (Fsp3) is 0.800. The Labute approximate surface area is 119 Å². The van der Waals surface area contributed by atoms with E-state index in [-0.39, 0.29) is 11.8 Å². The van der Waals surface area contributed by atoms with Crippen LogP contribution < -0.4 is 0 Å². The molecule has 1 saturated carbocycles. The van der Waals surface area contributed by atoms with Crippen LogP contribution in [0.5, 0.6) is 0 Å². The summed E-state index contributed by atoms with van der Waals surface area (Å²) in [6.45, 7) is 7.21. The number of fused-ring (bicyclic) bond motifs is 1. The van der Waals surface area contributed by atoms with Crippen molar-refractivity contribution in [2.24, 2.45) is 22.7 Å². The van der Waals surface area contributed by atoms with Gasteiger partial charge in [0, 0.05) is 0 Å². The van der Waals surface area contributed by atoms with E-state index in [0.717, 1.165) is 12.8 Å². The Morgan fingerprint density at radius 3 is 2.70 bits per heavy atom. The second-order valence-corrected chi connectivity index (χ2v) is 6.91. The Morgan fingerprint density at radius 2 is 2.15 bits per heavy atom. The third kappa shape index (κ3) is 2.17. The highest BCUT2D eigenvalue weighted by Gasteiger charge is 2.62. The molecular weight excluding hydrogens is 258 g/mol. The number of rotatable bonds is 1. The minimum absolute atomic E-state index is 0.118. The number of hydrogen-bond donors (Lipinski definition) is 0. The van der Waals surface area contributed by atoms with E-state index in [4.69, 9.17) is 9.47 Å². The molecule has 2 fully saturated rings. The molecule has 0 radical (unpaired) electrons. The van der Waals surface area contributed by atoms with Crippen LogP contribution in [0.1, 0.15) is 47.0 Å². The van der Waals surface area contributed by atoms with Crippen LogP contribution in [0.25, 0.3) is 0 Å². The fourth-order valence-electron chi connectivity index (χ4n) is 3.11. The number of hydrogen-bond acceptors (Lipinski definition) is 5. The molecule has 5 heteroatoms. The topological polar surface area (TPSA) is 76.4 Å². The summed E-state index contributed by atoms with van der Waals surface area (Å²) >= 11 is 0. The van der Waals surface area contributed by atoms with Crippen molar-refractivity contribution in [3.63, 3.8) is 0 Å². The molecule has 0 aromatic carbocycles. The van der Waals surface area contributed by atoms with E-state index in [2.05, 4.69) is 6.07 Å². The van der Waals surface area contributed by atoms with Gasteiger partial charge in [-0.15, -0.1) is 0 Å². The monoisotopic (exact) mass is 279 g/mol. The van der Waals surface area contributed by atoms with Crippen LogP contribution >= 0.6 is 0 Å². The Balaban J connectivity index is 2.27. The lowest BCUT2D eigenvalue weighted by Crippen LogP contribution is -2.42. The Hall–Kier alpha value is -1.57. The second-order valence-electron chi connectivity index (χ2n) is 6.91. The van der Waals surface area contributed by atoms with Gasteiger partial charge < -0.3 is 9.47 Å². The normalized spacial score (nSPS) is 36.8. The van der Waals surface area contributed by atoms with Crippen LogP contribution in [0.15, 0.2) is 0 Å². The Morgan fingerprint density at radius 1 is 1.50 bits per heavy atom. The molecule has 5 nitrogen and oxygen atoms in total. The molecule has 1 aliphatic heterocycles. The molecule has 1 saturated heterocycles. The Bertz CT molecular complexity index is 473. The predicted molar refractivity (Wildman–Crippen MR) is 70.0 cm³/mol. The van der Waals surface area contributed by atoms with Crippen LogP contribution in [0.3, 0.4) is 0 Å². The maximum absolute atomic E-state index is 12.1. The summed E-state index contributed by atoms with van der Waals surface area (Å²) in [7, 11) is 0. The van der Waals surface area contributed by atoms with Gasteiger partial charge >= 0.3 is 11.9 Å². The third-order valence-electron chi connectivity index (χ3n) is 4.33. The molecule has 0 amide bonds. The highest BCUT2D eigenvalue weighted by molar-refractivity contribution is 5.83. The van der Waals surface area contributed by atoms with Crippen LogP contribution in [0, 0.1) is 34.0 Å². The third-order valence-corrected chi connectivity index (χ3v) is 4.33. The van der Waals surface area contributed by atoms with E-state index < -0.39 is 29.1 Å². The molecular formula is C15H21NO4. The van der Waals surface area contributed by atoms with Gasteiger partial charge in [0.15, 0.2) is 5.41 Å². The van der Waals surface area contributed by atoms with Crippen molar-refractivity contribution in [3.05, 3.63) is 0 Å². The van der Waals surface area contributed by atoms with Gasteiger partial charge in [-0.25, -0.2) is 0 Å². The van der Waals surface area contributed by atoms with Crippen molar-refractivity contribution in [2.75, 3.05) is 0 Å². The maximum Gasteiger partial charge on any atom is 0.330 e. The molecule has 1 heterocycles. The predicted octanol–water partition coefficient (Wildman–Crippen LogP) is 2.40. The average Bonchev–Trinajstić information content (AvgIpc) is 2.63. The lowest BCUT2D eigenvalue weighted by molar-refractivity contribution is -0.191. The van der Waals surface area contributed by atoms with Gasteiger partial charge in [-0.05, 0) is 33.1 Å². The van der Waals surface area contributed by atoms with Crippen molar-refractivity contribution < 1.29 is 19.1 Å². The van der Waals surface area contributed by atoms with Crippen LogP contribution in [-0.4, -0.2) is 18.2 Å². The number of esters is 2. The van der Waals surface area contributed by atoms with Crippen molar-refractivity contribution >= 4 is 11.9 Å². The molecule has 4 atom stereocenters. The maximum atomic E-state index is 12.1. The SMILES string of the molecule is CC1CCCC2(C#N)C(=O)O[C@@H](OC(=O)C(C)(C)C)C12. The molecule has 0 aromatic heterocycles. The molecule has 0 N–H and O–H groups in total. The molecule has 2 aliphatic rings. The summed E-state index contributed by atoms with van der Waals surface area (Å²) in [6.07, 6.45) is 1.29. The van der Waals surface area contributed by atoms with Crippen molar-refractivity contribution in [2.45, 2.75) is 53.2 Å². The first-order valence-corrected chi connectivity index (χ1v) is 7.06. The molecule has 3 unspecified atom stereocenters. The first-order chi connectivity index (χ1) is 9.22. The molecule has 2 rings (SSSR count). The summed E-state index contributed by atoms with van der Waals surface area (Å²) in [5.74, 6) is -1.20. The summed E-state index contributed by atoms with van der Waals surface area (Å²) in [5, 5.41) is 9.46. The minimum atomic E-state index is -1.14. The van der Waals surface area contributed by atoms with Gasteiger partial charge in [0.25, 0.3) is 6.29 Å². The number of nitriles is 1. The van der Waals surface area contributed by atoms with E-state index in [0.29, 0.717) is 6.42 Å². The minimum Gasteiger partial charge on any atom is -0.424 e. The molecule has 1 aliphatic carbocycles.